The zero-order valence-electron chi connectivity index (χ0n) is 11.3. The van der Waals surface area contributed by atoms with Gasteiger partial charge in [0.25, 0.3) is 0 Å². The summed E-state index contributed by atoms with van der Waals surface area (Å²) in [6.45, 7) is 3.31. The van der Waals surface area contributed by atoms with Crippen molar-refractivity contribution in [3.63, 3.8) is 0 Å². The van der Waals surface area contributed by atoms with E-state index < -0.39 is 14.6 Å². The monoisotopic (exact) mass is 299 g/mol. The molecule has 0 unspecified atom stereocenters. The molecule has 104 valence electrons. The molecule has 0 amide bonds. The number of anilines is 1. The smallest absolute Gasteiger partial charge is 0.158 e. The largest absolute Gasteiger partial charge is 0.383 e. The molecule has 0 saturated carbocycles. The van der Waals surface area contributed by atoms with Gasteiger partial charge in [-0.15, -0.1) is 11.3 Å². The zero-order valence-corrected chi connectivity index (χ0v) is 13.0. The third-order valence-corrected chi connectivity index (χ3v) is 6.29. The van der Waals surface area contributed by atoms with Crippen molar-refractivity contribution in [2.24, 2.45) is 7.05 Å². The number of aromatic nitrogens is 2. The van der Waals surface area contributed by atoms with Crippen molar-refractivity contribution in [3.8, 4) is 10.4 Å². The van der Waals surface area contributed by atoms with Crippen LogP contribution in [-0.4, -0.2) is 24.5 Å². The molecule has 0 fully saturated rings. The first kappa shape index (κ1) is 14.1. The van der Waals surface area contributed by atoms with Crippen LogP contribution in [0, 0.1) is 0 Å². The lowest BCUT2D eigenvalue weighted by atomic mass is 10.0. The number of thiophene rings is 1. The van der Waals surface area contributed by atoms with Gasteiger partial charge in [0.15, 0.2) is 9.84 Å². The van der Waals surface area contributed by atoms with Crippen molar-refractivity contribution in [1.82, 2.24) is 9.78 Å². The van der Waals surface area contributed by atoms with Gasteiger partial charge in [0, 0.05) is 18.2 Å². The molecule has 2 heterocycles. The van der Waals surface area contributed by atoms with E-state index in [9.17, 15) is 8.42 Å². The van der Waals surface area contributed by atoms with Crippen molar-refractivity contribution in [1.29, 1.82) is 0 Å². The molecular formula is C12H17N3O2S2. The van der Waals surface area contributed by atoms with Crippen LogP contribution in [0.5, 0.6) is 0 Å². The second-order valence-corrected chi connectivity index (χ2v) is 8.50. The molecule has 2 N–H and O–H groups in total. The van der Waals surface area contributed by atoms with Gasteiger partial charge >= 0.3 is 0 Å². The summed E-state index contributed by atoms with van der Waals surface area (Å²) in [7, 11) is -1.58. The molecule has 0 saturated heterocycles. The summed E-state index contributed by atoms with van der Waals surface area (Å²) < 4.78 is 24.5. The van der Waals surface area contributed by atoms with Gasteiger partial charge in [0.1, 0.15) is 10.6 Å². The second kappa shape index (κ2) is 4.35. The fraction of sp³-hybridized carbons (Fsp3) is 0.417. The maximum absolute atomic E-state index is 12.0. The number of nitrogens with two attached hydrogens (primary N) is 1. The molecule has 2 aromatic heterocycles. The summed E-state index contributed by atoms with van der Waals surface area (Å²) in [6, 6.07) is 3.82. The highest BCUT2D eigenvalue weighted by atomic mass is 32.2. The Kier molecular flexibility index (Phi) is 3.22. The van der Waals surface area contributed by atoms with E-state index in [1.165, 1.54) is 22.3 Å². The first-order valence-corrected chi connectivity index (χ1v) is 8.50. The molecule has 0 spiro atoms. The van der Waals surface area contributed by atoms with Gasteiger partial charge in [0.2, 0.25) is 0 Å². The Labute approximate surface area is 117 Å². The standard InChI is InChI=1S/C12H17N3O2S2/c1-12(2,19(4,16)17)10-9(8-6-5-7-18-8)11(13)15(3)14-10/h5-7H,13H2,1-4H3. The van der Waals surface area contributed by atoms with Crippen molar-refractivity contribution in [2.45, 2.75) is 18.6 Å². The predicted octanol–water partition coefficient (Wildman–Crippen LogP) is 2.01. The fourth-order valence-corrected chi connectivity index (χ4v) is 3.07. The number of sulfone groups is 1. The van der Waals surface area contributed by atoms with Gasteiger partial charge in [0.05, 0.1) is 11.3 Å². The van der Waals surface area contributed by atoms with Crippen LogP contribution in [0.2, 0.25) is 0 Å². The average molecular weight is 299 g/mol. The summed E-state index contributed by atoms with van der Waals surface area (Å²) in [6.07, 6.45) is 1.22. The van der Waals surface area contributed by atoms with Gasteiger partial charge in [-0.1, -0.05) is 6.07 Å². The minimum atomic E-state index is -3.30. The van der Waals surface area contributed by atoms with E-state index >= 15 is 0 Å². The summed E-state index contributed by atoms with van der Waals surface area (Å²) in [4.78, 5) is 0.928. The summed E-state index contributed by atoms with van der Waals surface area (Å²) >= 11 is 1.52. The number of hydrogen-bond donors (Lipinski definition) is 1. The summed E-state index contributed by atoms with van der Waals surface area (Å²) in [5.74, 6) is 0.481. The molecule has 5 nitrogen and oxygen atoms in total. The molecule has 0 bridgehead atoms. The average Bonchev–Trinajstić information content (AvgIpc) is 2.87. The lowest BCUT2D eigenvalue weighted by Crippen LogP contribution is -2.29. The van der Waals surface area contributed by atoms with Crippen LogP contribution >= 0.6 is 11.3 Å². The first-order chi connectivity index (χ1) is 8.66. The SMILES string of the molecule is Cn1nc(C(C)(C)S(C)(=O)=O)c(-c2cccs2)c1N. The topological polar surface area (TPSA) is 78.0 Å². The summed E-state index contributed by atoms with van der Waals surface area (Å²) in [5.41, 5.74) is 7.26. The van der Waals surface area contributed by atoms with Gasteiger partial charge in [-0.25, -0.2) is 8.42 Å². The second-order valence-electron chi connectivity index (χ2n) is 4.99. The van der Waals surface area contributed by atoms with Crippen LogP contribution in [0.25, 0.3) is 10.4 Å². The maximum Gasteiger partial charge on any atom is 0.158 e. The van der Waals surface area contributed by atoms with Gasteiger partial charge in [-0.3, -0.25) is 4.68 Å². The molecule has 0 aliphatic heterocycles. The third kappa shape index (κ3) is 2.17. The van der Waals surface area contributed by atoms with Crippen LogP contribution in [0.4, 0.5) is 5.82 Å². The minimum Gasteiger partial charge on any atom is -0.383 e. The number of hydrogen-bond acceptors (Lipinski definition) is 5. The Bertz CT molecular complexity index is 698. The number of nitrogen functional groups attached to an aromatic ring is 1. The minimum absolute atomic E-state index is 0.481. The normalized spacial score (nSPS) is 12.8. The Morgan fingerprint density at radius 2 is 2.05 bits per heavy atom. The van der Waals surface area contributed by atoms with Crippen molar-refractivity contribution >= 4 is 27.0 Å². The van der Waals surface area contributed by atoms with Crippen molar-refractivity contribution in [2.75, 3.05) is 12.0 Å². The lowest BCUT2D eigenvalue weighted by molar-refractivity contribution is 0.553. The molecule has 7 heteroatoms. The Morgan fingerprint density at radius 3 is 2.53 bits per heavy atom. The highest BCUT2D eigenvalue weighted by Gasteiger charge is 2.38. The van der Waals surface area contributed by atoms with Crippen LogP contribution in [0.15, 0.2) is 17.5 Å². The van der Waals surface area contributed by atoms with E-state index in [-0.39, 0.29) is 0 Å². The molecule has 0 atom stereocenters. The molecule has 0 aromatic carbocycles. The van der Waals surface area contributed by atoms with Gasteiger partial charge < -0.3 is 5.73 Å². The van der Waals surface area contributed by atoms with E-state index in [4.69, 9.17) is 5.73 Å². The number of nitrogens with zero attached hydrogens (tertiary/aromatic N) is 2. The van der Waals surface area contributed by atoms with Gasteiger partial charge in [-0.2, -0.15) is 5.10 Å². The molecule has 19 heavy (non-hydrogen) atoms. The van der Waals surface area contributed by atoms with Crippen LogP contribution in [0.1, 0.15) is 19.5 Å². The third-order valence-electron chi connectivity index (χ3n) is 3.36. The van der Waals surface area contributed by atoms with E-state index in [0.29, 0.717) is 17.1 Å². The van der Waals surface area contributed by atoms with Crippen LogP contribution < -0.4 is 5.73 Å². The van der Waals surface area contributed by atoms with Crippen molar-refractivity contribution < 1.29 is 8.42 Å². The molecule has 0 aliphatic carbocycles. The van der Waals surface area contributed by atoms with E-state index in [0.717, 1.165) is 4.88 Å². The number of aryl methyl sites for hydroxylation is 1. The highest BCUT2D eigenvalue weighted by Crippen LogP contribution is 2.40. The quantitative estimate of drug-likeness (QED) is 0.940. The summed E-state index contributed by atoms with van der Waals surface area (Å²) in [5, 5.41) is 6.25. The first-order valence-electron chi connectivity index (χ1n) is 5.72. The number of rotatable bonds is 3. The van der Waals surface area contributed by atoms with E-state index in [1.54, 1.807) is 20.9 Å². The fourth-order valence-electron chi connectivity index (χ4n) is 1.80. The van der Waals surface area contributed by atoms with E-state index in [1.807, 2.05) is 17.5 Å². The Hall–Kier alpha value is -1.34. The van der Waals surface area contributed by atoms with E-state index in [2.05, 4.69) is 5.10 Å². The molecule has 2 rings (SSSR count). The zero-order chi connectivity index (χ0) is 14.4. The molecule has 0 aliphatic rings. The Morgan fingerprint density at radius 1 is 1.42 bits per heavy atom. The highest BCUT2D eigenvalue weighted by molar-refractivity contribution is 7.91. The van der Waals surface area contributed by atoms with Crippen molar-refractivity contribution in [3.05, 3.63) is 23.2 Å². The Balaban J connectivity index is 2.77. The maximum atomic E-state index is 12.0. The lowest BCUT2D eigenvalue weighted by Gasteiger charge is -2.21. The van der Waals surface area contributed by atoms with Gasteiger partial charge in [-0.05, 0) is 25.3 Å². The predicted molar refractivity (Wildman–Crippen MR) is 78.8 cm³/mol. The van der Waals surface area contributed by atoms with Crippen LogP contribution in [-0.2, 0) is 21.6 Å². The molecular weight excluding hydrogens is 282 g/mol. The molecule has 2 aromatic rings. The van der Waals surface area contributed by atoms with Crippen LogP contribution in [0.3, 0.4) is 0 Å². The molecule has 0 radical (unpaired) electrons.